The topological polar surface area (TPSA) is 39.9 Å². The molecule has 0 atom stereocenters. The largest absolute Gasteiger partial charge is 0.497 e. The Morgan fingerprint density at radius 1 is 1.17 bits per heavy atom. The maximum Gasteiger partial charge on any atom is 0.119 e. The second-order valence-corrected chi connectivity index (χ2v) is 4.62. The van der Waals surface area contributed by atoms with Gasteiger partial charge in [0.05, 0.1) is 12.8 Å². The summed E-state index contributed by atoms with van der Waals surface area (Å²) in [7, 11) is 3.59. The Balaban J connectivity index is 2.14. The molecule has 96 valence electrons. The van der Waals surface area contributed by atoms with E-state index in [4.69, 9.17) is 4.74 Å². The molecule has 0 bridgehead atoms. The number of nitrogens with zero attached hydrogens (tertiary/aromatic N) is 3. The summed E-state index contributed by atoms with van der Waals surface area (Å²) in [6.45, 7) is 4.25. The molecule has 2 aromatic rings. The van der Waals surface area contributed by atoms with Crippen molar-refractivity contribution < 1.29 is 4.74 Å². The SMILES string of the molecule is COc1cc(C)c(CCc2cn(C)nn2)c(C)c1. The van der Waals surface area contributed by atoms with Gasteiger partial charge in [-0.1, -0.05) is 5.21 Å². The van der Waals surface area contributed by atoms with E-state index in [-0.39, 0.29) is 0 Å². The minimum Gasteiger partial charge on any atom is -0.497 e. The fourth-order valence-corrected chi connectivity index (χ4v) is 2.23. The van der Waals surface area contributed by atoms with Gasteiger partial charge in [0.2, 0.25) is 0 Å². The van der Waals surface area contributed by atoms with E-state index in [0.29, 0.717) is 0 Å². The van der Waals surface area contributed by atoms with E-state index in [9.17, 15) is 0 Å². The standard InChI is InChI=1S/C14H19N3O/c1-10-7-13(18-4)8-11(2)14(10)6-5-12-9-17(3)16-15-12/h7-9H,5-6H2,1-4H3. The Hall–Kier alpha value is -1.84. The van der Waals surface area contributed by atoms with Crippen LogP contribution in [0, 0.1) is 13.8 Å². The highest BCUT2D eigenvalue weighted by atomic mass is 16.5. The Bertz CT molecular complexity index is 523. The zero-order chi connectivity index (χ0) is 13.1. The lowest BCUT2D eigenvalue weighted by Crippen LogP contribution is -1.99. The van der Waals surface area contributed by atoms with Gasteiger partial charge < -0.3 is 4.74 Å². The number of ether oxygens (including phenoxy) is 1. The van der Waals surface area contributed by atoms with E-state index in [2.05, 4.69) is 36.3 Å². The lowest BCUT2D eigenvalue weighted by atomic mass is 9.97. The number of rotatable bonds is 4. The summed E-state index contributed by atoms with van der Waals surface area (Å²) in [6.07, 6.45) is 3.87. The summed E-state index contributed by atoms with van der Waals surface area (Å²) in [5.41, 5.74) is 4.96. The molecular formula is C14H19N3O. The molecule has 4 nitrogen and oxygen atoms in total. The molecule has 0 aliphatic carbocycles. The summed E-state index contributed by atoms with van der Waals surface area (Å²) in [6, 6.07) is 4.16. The highest BCUT2D eigenvalue weighted by molar-refractivity contribution is 5.41. The minimum absolute atomic E-state index is 0.919. The Morgan fingerprint density at radius 2 is 1.83 bits per heavy atom. The van der Waals surface area contributed by atoms with Crippen LogP contribution in [0.2, 0.25) is 0 Å². The van der Waals surface area contributed by atoms with Gasteiger partial charge in [0.15, 0.2) is 0 Å². The lowest BCUT2D eigenvalue weighted by molar-refractivity contribution is 0.414. The average molecular weight is 245 g/mol. The zero-order valence-electron chi connectivity index (χ0n) is 11.4. The maximum atomic E-state index is 5.27. The molecule has 0 radical (unpaired) electrons. The molecule has 18 heavy (non-hydrogen) atoms. The first kappa shape index (κ1) is 12.6. The predicted octanol–water partition coefficient (Wildman–Crippen LogP) is 2.23. The number of benzene rings is 1. The molecule has 0 saturated carbocycles. The first-order chi connectivity index (χ1) is 8.60. The van der Waals surface area contributed by atoms with Gasteiger partial charge in [-0.05, 0) is 55.5 Å². The fraction of sp³-hybridized carbons (Fsp3) is 0.429. The number of hydrogen-bond acceptors (Lipinski definition) is 3. The minimum atomic E-state index is 0.919. The van der Waals surface area contributed by atoms with Gasteiger partial charge in [0.1, 0.15) is 5.75 Å². The van der Waals surface area contributed by atoms with Crippen molar-refractivity contribution in [2.24, 2.45) is 7.05 Å². The third-order valence-electron chi connectivity index (χ3n) is 3.19. The summed E-state index contributed by atoms with van der Waals surface area (Å²) in [5.74, 6) is 0.924. The molecule has 1 heterocycles. The zero-order valence-corrected chi connectivity index (χ0v) is 11.4. The van der Waals surface area contributed by atoms with Crippen molar-refractivity contribution >= 4 is 0 Å². The molecule has 0 spiro atoms. The van der Waals surface area contributed by atoms with Crippen LogP contribution in [0.1, 0.15) is 22.4 Å². The second kappa shape index (κ2) is 5.21. The Kier molecular flexibility index (Phi) is 3.65. The molecule has 1 aromatic carbocycles. The maximum absolute atomic E-state index is 5.27. The van der Waals surface area contributed by atoms with Crippen LogP contribution in [-0.2, 0) is 19.9 Å². The fourth-order valence-electron chi connectivity index (χ4n) is 2.23. The van der Waals surface area contributed by atoms with Gasteiger partial charge in [0.25, 0.3) is 0 Å². The monoisotopic (exact) mass is 245 g/mol. The molecular weight excluding hydrogens is 226 g/mol. The Labute approximate surface area is 108 Å². The molecule has 4 heteroatoms. The van der Waals surface area contributed by atoms with E-state index in [1.807, 2.05) is 13.2 Å². The predicted molar refractivity (Wildman–Crippen MR) is 70.9 cm³/mol. The van der Waals surface area contributed by atoms with Crippen LogP contribution in [-0.4, -0.2) is 22.1 Å². The quantitative estimate of drug-likeness (QED) is 0.829. The Morgan fingerprint density at radius 3 is 2.33 bits per heavy atom. The van der Waals surface area contributed by atoms with Crippen LogP contribution in [0.25, 0.3) is 0 Å². The van der Waals surface area contributed by atoms with Gasteiger partial charge >= 0.3 is 0 Å². The van der Waals surface area contributed by atoms with Crippen molar-refractivity contribution in [3.05, 3.63) is 40.7 Å². The van der Waals surface area contributed by atoms with Gasteiger partial charge in [-0.25, -0.2) is 0 Å². The van der Waals surface area contributed by atoms with Crippen LogP contribution < -0.4 is 4.74 Å². The normalized spacial score (nSPS) is 10.7. The third kappa shape index (κ3) is 2.70. The average Bonchev–Trinajstić information content (AvgIpc) is 2.73. The number of aromatic nitrogens is 3. The number of aryl methyl sites for hydroxylation is 4. The molecule has 0 saturated heterocycles. The lowest BCUT2D eigenvalue weighted by Gasteiger charge is -2.11. The third-order valence-corrected chi connectivity index (χ3v) is 3.19. The summed E-state index contributed by atoms with van der Waals surface area (Å²) in [4.78, 5) is 0. The van der Waals surface area contributed by atoms with Crippen molar-refractivity contribution in [3.63, 3.8) is 0 Å². The highest BCUT2D eigenvalue weighted by Gasteiger charge is 2.07. The van der Waals surface area contributed by atoms with Crippen molar-refractivity contribution in [2.45, 2.75) is 26.7 Å². The van der Waals surface area contributed by atoms with Crippen molar-refractivity contribution in [2.75, 3.05) is 7.11 Å². The van der Waals surface area contributed by atoms with Crippen molar-refractivity contribution in [1.82, 2.24) is 15.0 Å². The van der Waals surface area contributed by atoms with Crippen molar-refractivity contribution in [1.29, 1.82) is 0 Å². The smallest absolute Gasteiger partial charge is 0.119 e. The number of hydrogen-bond donors (Lipinski definition) is 0. The summed E-state index contributed by atoms with van der Waals surface area (Å²) < 4.78 is 7.01. The number of methoxy groups -OCH3 is 1. The molecule has 0 aliphatic rings. The second-order valence-electron chi connectivity index (χ2n) is 4.62. The first-order valence-corrected chi connectivity index (χ1v) is 6.09. The van der Waals surface area contributed by atoms with Gasteiger partial charge in [-0.3, -0.25) is 4.68 Å². The molecule has 0 aliphatic heterocycles. The van der Waals surface area contributed by atoms with Gasteiger partial charge in [0, 0.05) is 13.2 Å². The van der Waals surface area contributed by atoms with Gasteiger partial charge in [-0.2, -0.15) is 0 Å². The summed E-state index contributed by atoms with van der Waals surface area (Å²) in [5, 5.41) is 8.06. The van der Waals surface area contributed by atoms with E-state index in [1.54, 1.807) is 11.8 Å². The van der Waals surface area contributed by atoms with Crippen LogP contribution in [0.3, 0.4) is 0 Å². The van der Waals surface area contributed by atoms with E-state index in [1.165, 1.54) is 16.7 Å². The van der Waals surface area contributed by atoms with E-state index >= 15 is 0 Å². The van der Waals surface area contributed by atoms with E-state index in [0.717, 1.165) is 24.3 Å². The molecule has 2 rings (SSSR count). The first-order valence-electron chi connectivity index (χ1n) is 6.09. The molecule has 1 aromatic heterocycles. The van der Waals surface area contributed by atoms with Crippen LogP contribution in [0.5, 0.6) is 5.75 Å². The highest BCUT2D eigenvalue weighted by Crippen LogP contribution is 2.22. The molecule has 0 amide bonds. The van der Waals surface area contributed by atoms with Crippen LogP contribution >= 0.6 is 0 Å². The molecule has 0 N–H and O–H groups in total. The van der Waals surface area contributed by atoms with Crippen molar-refractivity contribution in [3.8, 4) is 5.75 Å². The molecule has 0 unspecified atom stereocenters. The molecule has 0 fully saturated rings. The van der Waals surface area contributed by atoms with E-state index < -0.39 is 0 Å². The van der Waals surface area contributed by atoms with Crippen LogP contribution in [0.4, 0.5) is 0 Å². The van der Waals surface area contributed by atoms with Crippen LogP contribution in [0.15, 0.2) is 18.3 Å². The van der Waals surface area contributed by atoms with Gasteiger partial charge in [-0.15, -0.1) is 5.10 Å². The summed E-state index contributed by atoms with van der Waals surface area (Å²) >= 11 is 0.